The smallest absolute Gasteiger partial charge is 0.418 e. The predicted molar refractivity (Wildman–Crippen MR) is 97.9 cm³/mol. The van der Waals surface area contributed by atoms with Crippen LogP contribution in [-0.4, -0.2) is 25.5 Å². The van der Waals surface area contributed by atoms with E-state index in [1.54, 1.807) is 18.2 Å². The molecule has 0 saturated carbocycles. The highest BCUT2D eigenvalue weighted by Crippen LogP contribution is 2.34. The molecule has 0 aromatic heterocycles. The summed E-state index contributed by atoms with van der Waals surface area (Å²) in [6, 6.07) is 10.2. The fraction of sp³-hybridized carbons (Fsp3) is 0.176. The molecule has 0 unspecified atom stereocenters. The summed E-state index contributed by atoms with van der Waals surface area (Å²) in [6.45, 7) is 0. The molecular weight excluding hydrogens is 367 g/mol. The Morgan fingerprint density at radius 1 is 1.08 bits per heavy atom. The number of benzene rings is 2. The van der Waals surface area contributed by atoms with Gasteiger partial charge >= 0.3 is 6.18 Å². The molecule has 2 N–H and O–H groups in total. The molecule has 0 aliphatic carbocycles. The number of nitrogens with zero attached hydrogens (tertiary/aromatic N) is 1. The molecule has 0 aliphatic heterocycles. The third-order valence-corrected chi connectivity index (χ3v) is 3.46. The lowest BCUT2D eigenvalue weighted by Crippen LogP contribution is -2.25. The Kier molecular flexibility index (Phi) is 6.40. The van der Waals surface area contributed by atoms with Gasteiger partial charge in [-0.2, -0.15) is 18.3 Å². The number of thiocarbonyl (C=S) groups is 1. The van der Waals surface area contributed by atoms with Crippen molar-refractivity contribution < 1.29 is 22.6 Å². The molecule has 26 heavy (non-hydrogen) atoms. The van der Waals surface area contributed by atoms with Gasteiger partial charge in [-0.25, -0.2) is 0 Å². The minimum absolute atomic E-state index is 0.0709. The van der Waals surface area contributed by atoms with E-state index >= 15 is 0 Å². The summed E-state index contributed by atoms with van der Waals surface area (Å²) in [7, 11) is 3.03. The van der Waals surface area contributed by atoms with E-state index in [1.165, 1.54) is 38.6 Å². The number of ether oxygens (including phenoxy) is 2. The second kappa shape index (κ2) is 8.52. The zero-order valence-corrected chi connectivity index (χ0v) is 14.7. The predicted octanol–water partition coefficient (Wildman–Crippen LogP) is 4.04. The number of hydrazone groups is 1. The molecule has 2 aromatic carbocycles. The summed E-state index contributed by atoms with van der Waals surface area (Å²) < 4.78 is 49.2. The lowest BCUT2D eigenvalue weighted by molar-refractivity contribution is -0.136. The summed E-state index contributed by atoms with van der Waals surface area (Å²) in [4.78, 5) is 0. The Balaban J connectivity index is 2.03. The van der Waals surface area contributed by atoms with Gasteiger partial charge in [0.25, 0.3) is 0 Å². The van der Waals surface area contributed by atoms with Crippen molar-refractivity contribution in [2.75, 3.05) is 19.5 Å². The maximum Gasteiger partial charge on any atom is 0.418 e. The minimum atomic E-state index is -4.48. The van der Waals surface area contributed by atoms with Gasteiger partial charge in [0.05, 0.1) is 31.7 Å². The van der Waals surface area contributed by atoms with Gasteiger partial charge in [0.2, 0.25) is 0 Å². The van der Waals surface area contributed by atoms with Gasteiger partial charge in [-0.05, 0) is 48.1 Å². The molecule has 0 spiro atoms. The Labute approximate surface area is 153 Å². The van der Waals surface area contributed by atoms with Gasteiger partial charge in [0, 0.05) is 0 Å². The monoisotopic (exact) mass is 383 g/mol. The lowest BCUT2D eigenvalue weighted by atomic mass is 10.2. The van der Waals surface area contributed by atoms with Crippen molar-refractivity contribution in [2.24, 2.45) is 5.10 Å². The first-order valence-corrected chi connectivity index (χ1v) is 7.74. The number of halogens is 3. The van der Waals surface area contributed by atoms with Crippen molar-refractivity contribution in [3.63, 3.8) is 0 Å². The van der Waals surface area contributed by atoms with Crippen molar-refractivity contribution >= 4 is 29.2 Å². The summed E-state index contributed by atoms with van der Waals surface area (Å²) in [5, 5.41) is 6.32. The van der Waals surface area contributed by atoms with E-state index in [0.29, 0.717) is 17.1 Å². The van der Waals surface area contributed by atoms with Gasteiger partial charge in [0.15, 0.2) is 16.6 Å². The molecule has 0 heterocycles. The van der Waals surface area contributed by atoms with Crippen molar-refractivity contribution in [1.29, 1.82) is 0 Å². The van der Waals surface area contributed by atoms with Crippen LogP contribution in [0.25, 0.3) is 0 Å². The van der Waals surface area contributed by atoms with E-state index in [2.05, 4.69) is 15.8 Å². The standard InChI is InChI=1S/C17H16F3N3O2S/c1-24-14-8-7-11(9-15(14)25-2)10-21-23-16(26)22-13-6-4-3-5-12(13)17(18,19)20/h3-10H,1-2H3,(H2,22,23,26)/b21-10+. The topological polar surface area (TPSA) is 54.9 Å². The summed E-state index contributed by atoms with van der Waals surface area (Å²) in [5.41, 5.74) is 2.20. The number of hydrogen-bond donors (Lipinski definition) is 2. The summed E-state index contributed by atoms with van der Waals surface area (Å²) in [6.07, 6.45) is -3.03. The maximum absolute atomic E-state index is 13.0. The molecule has 0 bridgehead atoms. The lowest BCUT2D eigenvalue weighted by Gasteiger charge is -2.14. The van der Waals surface area contributed by atoms with Crippen LogP contribution in [0.4, 0.5) is 18.9 Å². The highest BCUT2D eigenvalue weighted by atomic mass is 32.1. The Bertz CT molecular complexity index is 810. The Hall–Kier alpha value is -2.81. The van der Waals surface area contributed by atoms with Gasteiger partial charge in [-0.15, -0.1) is 0 Å². The minimum Gasteiger partial charge on any atom is -0.493 e. The van der Waals surface area contributed by atoms with Crippen molar-refractivity contribution in [3.8, 4) is 11.5 Å². The highest BCUT2D eigenvalue weighted by Gasteiger charge is 2.33. The summed E-state index contributed by atoms with van der Waals surface area (Å²) >= 11 is 4.97. The average Bonchev–Trinajstić information content (AvgIpc) is 2.61. The van der Waals surface area contributed by atoms with Crippen LogP contribution in [-0.2, 0) is 6.18 Å². The van der Waals surface area contributed by atoms with Crippen LogP contribution < -0.4 is 20.2 Å². The van der Waals surface area contributed by atoms with Gasteiger partial charge in [0.1, 0.15) is 0 Å². The van der Waals surface area contributed by atoms with Gasteiger partial charge in [-0.3, -0.25) is 5.43 Å². The number of alkyl halides is 3. The number of para-hydroxylation sites is 1. The highest BCUT2D eigenvalue weighted by molar-refractivity contribution is 7.80. The van der Waals surface area contributed by atoms with Crippen LogP contribution in [0.2, 0.25) is 0 Å². The number of methoxy groups -OCH3 is 2. The number of anilines is 1. The molecule has 9 heteroatoms. The molecule has 0 radical (unpaired) electrons. The van der Waals surface area contributed by atoms with E-state index in [1.807, 2.05) is 0 Å². The van der Waals surface area contributed by atoms with Crippen LogP contribution in [0.1, 0.15) is 11.1 Å². The second-order valence-electron chi connectivity index (χ2n) is 4.98. The van der Waals surface area contributed by atoms with E-state index < -0.39 is 11.7 Å². The van der Waals surface area contributed by atoms with E-state index in [0.717, 1.165) is 6.07 Å². The molecule has 138 valence electrons. The molecule has 0 fully saturated rings. The van der Waals surface area contributed by atoms with Gasteiger partial charge < -0.3 is 14.8 Å². The van der Waals surface area contributed by atoms with Crippen molar-refractivity contribution in [2.45, 2.75) is 6.18 Å². The second-order valence-corrected chi connectivity index (χ2v) is 5.39. The number of rotatable bonds is 5. The number of nitrogens with one attached hydrogen (secondary N) is 2. The molecule has 0 amide bonds. The molecular formula is C17H16F3N3O2S. The zero-order chi connectivity index (χ0) is 19.2. The largest absolute Gasteiger partial charge is 0.493 e. The first kappa shape index (κ1) is 19.5. The van der Waals surface area contributed by atoms with Crippen molar-refractivity contribution in [3.05, 3.63) is 53.6 Å². The first-order valence-electron chi connectivity index (χ1n) is 7.33. The Morgan fingerprint density at radius 3 is 2.42 bits per heavy atom. The number of hydrogen-bond acceptors (Lipinski definition) is 4. The SMILES string of the molecule is COc1ccc(/C=N/NC(=S)Nc2ccccc2C(F)(F)F)cc1OC. The third kappa shape index (κ3) is 5.09. The van der Waals surface area contributed by atoms with Crippen LogP contribution in [0.15, 0.2) is 47.6 Å². The van der Waals surface area contributed by atoms with Crippen LogP contribution in [0.5, 0.6) is 11.5 Å². The van der Waals surface area contributed by atoms with Crippen molar-refractivity contribution in [1.82, 2.24) is 5.43 Å². The van der Waals surface area contributed by atoms with Crippen LogP contribution in [0, 0.1) is 0 Å². The maximum atomic E-state index is 13.0. The van der Waals surface area contributed by atoms with Gasteiger partial charge in [-0.1, -0.05) is 12.1 Å². The van der Waals surface area contributed by atoms with E-state index in [4.69, 9.17) is 21.7 Å². The quantitative estimate of drug-likeness (QED) is 0.464. The Morgan fingerprint density at radius 2 is 1.77 bits per heavy atom. The van der Waals surface area contributed by atoms with Crippen LogP contribution >= 0.6 is 12.2 Å². The first-order chi connectivity index (χ1) is 12.3. The fourth-order valence-electron chi connectivity index (χ4n) is 2.09. The fourth-order valence-corrected chi connectivity index (χ4v) is 2.25. The normalized spacial score (nSPS) is 11.3. The van der Waals surface area contributed by atoms with Crippen LogP contribution in [0.3, 0.4) is 0 Å². The van der Waals surface area contributed by atoms with E-state index in [-0.39, 0.29) is 10.8 Å². The zero-order valence-electron chi connectivity index (χ0n) is 13.9. The third-order valence-electron chi connectivity index (χ3n) is 3.27. The molecule has 0 atom stereocenters. The molecule has 0 aliphatic rings. The summed E-state index contributed by atoms with van der Waals surface area (Å²) in [5.74, 6) is 1.09. The molecule has 5 nitrogen and oxygen atoms in total. The average molecular weight is 383 g/mol. The van der Waals surface area contributed by atoms with E-state index in [9.17, 15) is 13.2 Å². The molecule has 2 aromatic rings. The molecule has 2 rings (SSSR count). The molecule has 0 saturated heterocycles.